The molecule has 1 fully saturated rings. The minimum Gasteiger partial charge on any atom is -0.497 e. The predicted octanol–water partition coefficient (Wildman–Crippen LogP) is 5.93. The molecule has 0 saturated carbocycles. The fourth-order valence-electron chi connectivity index (χ4n) is 6.08. The summed E-state index contributed by atoms with van der Waals surface area (Å²) in [7, 11) is 4.96. The average Bonchev–Trinajstić information content (AvgIpc) is 3.68. The number of aromatic nitrogens is 4. The number of nitrogens with zero attached hydrogens (tertiary/aromatic N) is 3. The van der Waals surface area contributed by atoms with Crippen LogP contribution in [0.3, 0.4) is 0 Å². The second-order valence-corrected chi connectivity index (χ2v) is 13.5. The third-order valence-corrected chi connectivity index (χ3v) is 10.1. The third-order valence-electron chi connectivity index (χ3n) is 8.56. The van der Waals surface area contributed by atoms with Gasteiger partial charge in [-0.3, -0.25) is 14.3 Å². The number of hydrogen-bond acceptors (Lipinski definition) is 9. The Kier molecular flexibility index (Phi) is 10.3. The third kappa shape index (κ3) is 6.53. The molecule has 6 rings (SSSR count). The highest BCUT2D eigenvalue weighted by molar-refractivity contribution is 14.1. The van der Waals surface area contributed by atoms with E-state index in [0.717, 1.165) is 28.2 Å². The lowest BCUT2D eigenvalue weighted by Crippen LogP contribution is -2.38. The number of methoxy groups -OCH3 is 3. The van der Waals surface area contributed by atoms with Crippen LogP contribution in [-0.2, 0) is 19.8 Å². The Morgan fingerprint density at radius 3 is 2.10 bits per heavy atom. The van der Waals surface area contributed by atoms with E-state index in [1.54, 1.807) is 32.2 Å². The molecule has 4 atom stereocenters. The highest BCUT2D eigenvalue weighted by Gasteiger charge is 2.47. The van der Waals surface area contributed by atoms with Crippen molar-refractivity contribution in [2.75, 3.05) is 39.8 Å². The number of halogens is 1. The van der Waals surface area contributed by atoms with E-state index in [2.05, 4.69) is 63.9 Å². The molecule has 5 aromatic rings. The second kappa shape index (κ2) is 14.6. The van der Waals surface area contributed by atoms with Crippen molar-refractivity contribution in [3.63, 3.8) is 0 Å². The minimum atomic E-state index is -1.01. The summed E-state index contributed by atoms with van der Waals surface area (Å²) in [5.41, 5.74) is 2.12. The molecule has 2 N–H and O–H groups in total. The molecular formula is C36H40IN5O6. The fraction of sp³-hybridized carbons (Fsp3) is 0.361. The van der Waals surface area contributed by atoms with Crippen molar-refractivity contribution in [3.05, 3.63) is 112 Å². The molecule has 0 spiro atoms. The van der Waals surface area contributed by atoms with Gasteiger partial charge in [0.2, 0.25) is 5.95 Å². The van der Waals surface area contributed by atoms with Crippen LogP contribution in [0.25, 0.3) is 11.2 Å². The molecule has 0 bridgehead atoms. The maximum atomic E-state index is 12.9. The molecular weight excluding hydrogens is 725 g/mol. The lowest BCUT2D eigenvalue weighted by Gasteiger charge is -2.37. The Morgan fingerprint density at radius 2 is 1.54 bits per heavy atom. The Bertz CT molecular complexity index is 1820. The molecule has 2 aromatic heterocycles. The largest absolute Gasteiger partial charge is 0.497 e. The van der Waals surface area contributed by atoms with Crippen molar-refractivity contribution in [1.82, 2.24) is 19.5 Å². The van der Waals surface area contributed by atoms with Crippen LogP contribution < -0.4 is 20.3 Å². The highest BCUT2D eigenvalue weighted by Crippen LogP contribution is 2.44. The maximum absolute atomic E-state index is 12.9. The smallest absolute Gasteiger partial charge is 0.280 e. The van der Waals surface area contributed by atoms with E-state index in [0.29, 0.717) is 24.1 Å². The first-order chi connectivity index (χ1) is 23.3. The van der Waals surface area contributed by atoms with Crippen molar-refractivity contribution in [2.24, 2.45) is 5.92 Å². The number of ether oxygens (including phenoxy) is 5. The molecule has 0 radical (unpaired) electrons. The van der Waals surface area contributed by atoms with Crippen LogP contribution in [0.2, 0.25) is 0 Å². The minimum absolute atomic E-state index is 0.115. The maximum Gasteiger partial charge on any atom is 0.280 e. The van der Waals surface area contributed by atoms with Crippen molar-refractivity contribution >= 4 is 39.7 Å². The summed E-state index contributed by atoms with van der Waals surface area (Å²) in [6, 6.07) is 26.0. The Hall–Kier alpha value is -3.98. The van der Waals surface area contributed by atoms with E-state index in [4.69, 9.17) is 28.7 Å². The standard InChI is InChI=1S/C36H40IN5O6/c1-22(2)19-38-35-40-32-30(33(43)41-35)39-21-42(32)34-31(46-5)29(37)28(48-34)20-47-36(23-9-7-6-8-10-23,24-11-15-26(44-3)16-12-24)25-13-17-27(45-4)18-14-25/h6-18,21-22,28-29,31,34H,19-20H2,1-5H3,(H2,38,40,41,43)/t28-,29+,31-,34-/m1/s1. The monoisotopic (exact) mass is 765 g/mol. The number of imidazole rings is 1. The topological polar surface area (TPSA) is 122 Å². The Morgan fingerprint density at radius 1 is 0.938 bits per heavy atom. The van der Waals surface area contributed by atoms with Gasteiger partial charge in [0, 0.05) is 13.7 Å². The van der Waals surface area contributed by atoms with Gasteiger partial charge in [0.15, 0.2) is 17.4 Å². The van der Waals surface area contributed by atoms with Gasteiger partial charge in [-0.25, -0.2) is 4.98 Å². The number of nitrogens with one attached hydrogen (secondary N) is 2. The Labute approximate surface area is 293 Å². The summed E-state index contributed by atoms with van der Waals surface area (Å²) in [6.07, 6.45) is 0.220. The van der Waals surface area contributed by atoms with Gasteiger partial charge >= 0.3 is 0 Å². The number of fused-ring (bicyclic) bond motifs is 1. The first-order valence-electron chi connectivity index (χ1n) is 15.8. The van der Waals surface area contributed by atoms with E-state index < -0.39 is 17.9 Å². The first kappa shape index (κ1) is 33.9. The molecule has 12 heteroatoms. The fourth-order valence-corrected chi connectivity index (χ4v) is 7.11. The van der Waals surface area contributed by atoms with Crippen LogP contribution in [0.4, 0.5) is 5.95 Å². The lowest BCUT2D eigenvalue weighted by molar-refractivity contribution is -0.0883. The van der Waals surface area contributed by atoms with Crippen molar-refractivity contribution < 1.29 is 23.7 Å². The second-order valence-electron chi connectivity index (χ2n) is 12.0. The molecule has 0 unspecified atom stereocenters. The lowest BCUT2D eigenvalue weighted by atomic mass is 9.80. The molecule has 11 nitrogen and oxygen atoms in total. The van der Waals surface area contributed by atoms with Gasteiger partial charge in [-0.2, -0.15) is 4.98 Å². The number of anilines is 1. The SMILES string of the molecule is COc1ccc(C(OC[C@H]2O[C@@H](n3cnc4c(=O)[nH]c(NCC(C)C)nc43)[C@H](OC)[C@H]2I)(c2ccccc2)c2ccc(OC)cc2)cc1. The number of hydrogen-bond donors (Lipinski definition) is 2. The van der Waals surface area contributed by atoms with E-state index in [1.165, 1.54) is 0 Å². The molecule has 48 heavy (non-hydrogen) atoms. The van der Waals surface area contributed by atoms with Crippen LogP contribution >= 0.6 is 22.6 Å². The molecule has 3 aromatic carbocycles. The van der Waals surface area contributed by atoms with E-state index >= 15 is 0 Å². The first-order valence-corrected chi connectivity index (χ1v) is 17.0. The summed E-state index contributed by atoms with van der Waals surface area (Å²) >= 11 is 2.37. The average molecular weight is 766 g/mol. The van der Waals surface area contributed by atoms with Gasteiger partial charge < -0.3 is 29.0 Å². The van der Waals surface area contributed by atoms with Gasteiger partial charge in [0.1, 0.15) is 23.2 Å². The summed E-state index contributed by atoms with van der Waals surface area (Å²) in [4.78, 5) is 24.8. The summed E-state index contributed by atoms with van der Waals surface area (Å²) in [5.74, 6) is 2.24. The van der Waals surface area contributed by atoms with Gasteiger partial charge in [-0.15, -0.1) is 0 Å². The molecule has 252 valence electrons. The van der Waals surface area contributed by atoms with Gasteiger partial charge in [-0.1, -0.05) is 91.0 Å². The van der Waals surface area contributed by atoms with Gasteiger partial charge in [0.25, 0.3) is 5.56 Å². The molecule has 0 aliphatic carbocycles. The number of H-pyrrole nitrogens is 1. The number of alkyl halides is 1. The molecule has 3 heterocycles. The Balaban J connectivity index is 1.37. The zero-order chi connectivity index (χ0) is 33.8. The number of aromatic amines is 1. The van der Waals surface area contributed by atoms with E-state index in [-0.39, 0.29) is 27.7 Å². The summed E-state index contributed by atoms with van der Waals surface area (Å²) < 4.78 is 32.6. The zero-order valence-electron chi connectivity index (χ0n) is 27.6. The quantitative estimate of drug-likeness (QED) is 0.0854. The predicted molar refractivity (Wildman–Crippen MR) is 192 cm³/mol. The highest BCUT2D eigenvalue weighted by atomic mass is 127. The van der Waals surface area contributed by atoms with Crippen LogP contribution in [0.1, 0.15) is 36.8 Å². The van der Waals surface area contributed by atoms with Crippen molar-refractivity contribution in [2.45, 2.75) is 41.8 Å². The van der Waals surface area contributed by atoms with Crippen LogP contribution in [0.5, 0.6) is 11.5 Å². The molecule has 1 aliphatic rings. The van der Waals surface area contributed by atoms with E-state index in [1.807, 2.05) is 66.7 Å². The zero-order valence-corrected chi connectivity index (χ0v) is 29.7. The summed E-state index contributed by atoms with van der Waals surface area (Å²) in [6.45, 7) is 5.05. The van der Waals surface area contributed by atoms with Gasteiger partial charge in [-0.05, 0) is 46.9 Å². The van der Waals surface area contributed by atoms with Crippen molar-refractivity contribution in [3.8, 4) is 11.5 Å². The van der Waals surface area contributed by atoms with Crippen LogP contribution in [0.15, 0.2) is 90.0 Å². The normalized spacial score (nSPS) is 19.6. The van der Waals surface area contributed by atoms with Crippen LogP contribution in [-0.4, -0.2) is 70.1 Å². The molecule has 1 saturated heterocycles. The number of rotatable bonds is 13. The van der Waals surface area contributed by atoms with Crippen molar-refractivity contribution in [1.29, 1.82) is 0 Å². The van der Waals surface area contributed by atoms with Crippen LogP contribution in [0, 0.1) is 5.92 Å². The summed E-state index contributed by atoms with van der Waals surface area (Å²) in [5, 5.41) is 3.21. The van der Waals surface area contributed by atoms with E-state index in [9.17, 15) is 4.79 Å². The number of benzene rings is 3. The van der Waals surface area contributed by atoms with Gasteiger partial charge in [0.05, 0.1) is 37.2 Å². The molecule has 1 aliphatic heterocycles. The molecule has 0 amide bonds.